The molecule has 0 aliphatic heterocycles. The molecule has 2 rings (SSSR count). The highest BCUT2D eigenvalue weighted by molar-refractivity contribution is 6.30. The van der Waals surface area contributed by atoms with E-state index in [0.29, 0.717) is 11.8 Å². The third-order valence-corrected chi connectivity index (χ3v) is 3.33. The molecular formula is C16H19ClFNO2. The lowest BCUT2D eigenvalue weighted by atomic mass is 10.2. The van der Waals surface area contributed by atoms with Crippen molar-refractivity contribution in [1.82, 2.24) is 5.32 Å². The molecule has 0 aliphatic rings. The number of hydrogen-bond acceptors (Lipinski definition) is 3. The van der Waals surface area contributed by atoms with E-state index in [-0.39, 0.29) is 11.6 Å². The van der Waals surface area contributed by atoms with E-state index in [9.17, 15) is 4.39 Å². The third kappa shape index (κ3) is 4.48. The lowest BCUT2D eigenvalue weighted by Gasteiger charge is -2.06. The van der Waals surface area contributed by atoms with E-state index in [2.05, 4.69) is 19.2 Å². The Morgan fingerprint density at radius 2 is 2.10 bits per heavy atom. The minimum absolute atomic E-state index is 0.0462. The average molecular weight is 312 g/mol. The monoisotopic (exact) mass is 311 g/mol. The van der Waals surface area contributed by atoms with Crippen molar-refractivity contribution in [3.8, 4) is 5.75 Å². The molecule has 0 aliphatic carbocycles. The molecule has 0 atom stereocenters. The minimum atomic E-state index is -0.458. The van der Waals surface area contributed by atoms with Crippen LogP contribution < -0.4 is 10.1 Å². The van der Waals surface area contributed by atoms with Gasteiger partial charge in [0.1, 0.15) is 29.7 Å². The van der Waals surface area contributed by atoms with Crippen molar-refractivity contribution in [2.45, 2.75) is 40.0 Å². The number of halogens is 2. The molecule has 21 heavy (non-hydrogen) atoms. The lowest BCUT2D eigenvalue weighted by molar-refractivity contribution is 0.267. The highest BCUT2D eigenvalue weighted by Crippen LogP contribution is 2.23. The van der Waals surface area contributed by atoms with E-state index in [0.717, 1.165) is 23.6 Å². The third-order valence-electron chi connectivity index (χ3n) is 3.04. The van der Waals surface area contributed by atoms with Crippen molar-refractivity contribution in [3.05, 3.63) is 52.2 Å². The van der Waals surface area contributed by atoms with Crippen molar-refractivity contribution in [2.75, 3.05) is 0 Å². The summed E-state index contributed by atoms with van der Waals surface area (Å²) in [6.07, 6.45) is 0. The van der Waals surface area contributed by atoms with Crippen LogP contribution in [0.1, 0.15) is 30.9 Å². The van der Waals surface area contributed by atoms with Crippen LogP contribution in [0.15, 0.2) is 28.7 Å². The van der Waals surface area contributed by atoms with Crippen LogP contribution in [0.4, 0.5) is 4.39 Å². The van der Waals surface area contributed by atoms with E-state index < -0.39 is 5.82 Å². The van der Waals surface area contributed by atoms with Gasteiger partial charge in [0.25, 0.3) is 0 Å². The number of ether oxygens (including phenoxy) is 1. The highest BCUT2D eigenvalue weighted by atomic mass is 35.5. The van der Waals surface area contributed by atoms with Crippen LogP contribution in [-0.4, -0.2) is 6.04 Å². The first kappa shape index (κ1) is 15.9. The molecule has 3 nitrogen and oxygen atoms in total. The van der Waals surface area contributed by atoms with E-state index in [1.165, 1.54) is 18.2 Å². The van der Waals surface area contributed by atoms with Crippen LogP contribution in [0, 0.1) is 12.7 Å². The maximum atomic E-state index is 13.1. The molecule has 2 aromatic rings. The number of rotatable bonds is 6. The molecule has 5 heteroatoms. The Hall–Kier alpha value is -1.52. The van der Waals surface area contributed by atoms with Gasteiger partial charge in [0.15, 0.2) is 0 Å². The Morgan fingerprint density at radius 3 is 2.76 bits per heavy atom. The van der Waals surface area contributed by atoms with Gasteiger partial charge in [-0.3, -0.25) is 0 Å². The number of benzene rings is 1. The van der Waals surface area contributed by atoms with Crippen molar-refractivity contribution in [1.29, 1.82) is 0 Å². The molecule has 0 saturated heterocycles. The van der Waals surface area contributed by atoms with E-state index in [4.69, 9.17) is 20.8 Å². The van der Waals surface area contributed by atoms with Gasteiger partial charge in [-0.15, -0.1) is 0 Å². The summed E-state index contributed by atoms with van der Waals surface area (Å²) >= 11 is 5.71. The summed E-state index contributed by atoms with van der Waals surface area (Å²) in [4.78, 5) is 0. The Kier molecular flexibility index (Phi) is 5.26. The van der Waals surface area contributed by atoms with Crippen molar-refractivity contribution < 1.29 is 13.5 Å². The Labute approximate surface area is 129 Å². The number of furan rings is 1. The van der Waals surface area contributed by atoms with Gasteiger partial charge < -0.3 is 14.5 Å². The fourth-order valence-corrected chi connectivity index (χ4v) is 2.04. The van der Waals surface area contributed by atoms with Crippen LogP contribution in [-0.2, 0) is 13.2 Å². The molecule has 0 spiro atoms. The number of hydrogen-bond donors (Lipinski definition) is 1. The second kappa shape index (κ2) is 6.96. The molecule has 1 aromatic heterocycles. The maximum absolute atomic E-state index is 13.1. The molecule has 0 radical (unpaired) electrons. The molecule has 0 fully saturated rings. The fourth-order valence-electron chi connectivity index (χ4n) is 1.87. The summed E-state index contributed by atoms with van der Waals surface area (Å²) in [6, 6.07) is 6.66. The Balaban J connectivity index is 1.96. The summed E-state index contributed by atoms with van der Waals surface area (Å²) in [6.45, 7) is 7.16. The Morgan fingerprint density at radius 1 is 1.33 bits per heavy atom. The topological polar surface area (TPSA) is 34.4 Å². The fraction of sp³-hybridized carbons (Fsp3) is 0.375. The smallest absolute Gasteiger partial charge is 0.146 e. The van der Waals surface area contributed by atoms with E-state index >= 15 is 0 Å². The van der Waals surface area contributed by atoms with Crippen molar-refractivity contribution in [2.24, 2.45) is 0 Å². The molecule has 0 bridgehead atoms. The van der Waals surface area contributed by atoms with Gasteiger partial charge in [-0.1, -0.05) is 25.4 Å². The van der Waals surface area contributed by atoms with E-state index in [1.54, 1.807) is 0 Å². The molecule has 1 heterocycles. The predicted octanol–water partition coefficient (Wildman–Crippen LogP) is 4.46. The summed E-state index contributed by atoms with van der Waals surface area (Å²) in [5.41, 5.74) is 1.11. The van der Waals surface area contributed by atoms with Gasteiger partial charge in [0, 0.05) is 24.2 Å². The molecule has 0 saturated carbocycles. The molecular weight excluding hydrogens is 293 g/mol. The van der Waals surface area contributed by atoms with Gasteiger partial charge >= 0.3 is 0 Å². The van der Waals surface area contributed by atoms with Gasteiger partial charge in [0.2, 0.25) is 0 Å². The second-order valence-electron chi connectivity index (χ2n) is 5.19. The number of aryl methyl sites for hydroxylation is 1. The summed E-state index contributed by atoms with van der Waals surface area (Å²) < 4.78 is 24.3. The first-order valence-corrected chi connectivity index (χ1v) is 7.23. The van der Waals surface area contributed by atoms with Crippen LogP contribution in [0.2, 0.25) is 5.02 Å². The lowest BCUT2D eigenvalue weighted by Crippen LogP contribution is -2.21. The second-order valence-corrected chi connectivity index (χ2v) is 5.60. The van der Waals surface area contributed by atoms with Gasteiger partial charge in [-0.2, -0.15) is 0 Å². The SMILES string of the molecule is Cc1oc(COc2ccc(F)c(Cl)c2)cc1CNC(C)C. The number of nitrogens with one attached hydrogen (secondary N) is 1. The molecule has 1 N–H and O–H groups in total. The first-order chi connectivity index (χ1) is 9.95. The predicted molar refractivity (Wildman–Crippen MR) is 81.2 cm³/mol. The highest BCUT2D eigenvalue weighted by Gasteiger charge is 2.09. The average Bonchev–Trinajstić information content (AvgIpc) is 2.78. The van der Waals surface area contributed by atoms with Crippen LogP contribution in [0.5, 0.6) is 5.75 Å². The van der Waals surface area contributed by atoms with Crippen molar-refractivity contribution in [3.63, 3.8) is 0 Å². The molecule has 0 unspecified atom stereocenters. The Bertz CT molecular complexity index is 610. The van der Waals surface area contributed by atoms with Gasteiger partial charge in [-0.05, 0) is 25.1 Å². The first-order valence-electron chi connectivity index (χ1n) is 6.85. The molecule has 1 aromatic carbocycles. The zero-order valence-corrected chi connectivity index (χ0v) is 13.1. The van der Waals surface area contributed by atoms with Crippen LogP contribution in [0.25, 0.3) is 0 Å². The van der Waals surface area contributed by atoms with Crippen molar-refractivity contribution >= 4 is 11.6 Å². The summed E-state index contributed by atoms with van der Waals surface area (Å²) in [5, 5.41) is 3.39. The summed E-state index contributed by atoms with van der Waals surface area (Å²) in [5.74, 6) is 1.66. The molecule has 114 valence electrons. The quantitative estimate of drug-likeness (QED) is 0.855. The minimum Gasteiger partial charge on any atom is -0.486 e. The largest absolute Gasteiger partial charge is 0.486 e. The maximum Gasteiger partial charge on any atom is 0.146 e. The van der Waals surface area contributed by atoms with Crippen LogP contribution >= 0.6 is 11.6 Å². The zero-order chi connectivity index (χ0) is 15.4. The van der Waals surface area contributed by atoms with Gasteiger partial charge in [0.05, 0.1) is 5.02 Å². The molecule has 0 amide bonds. The van der Waals surface area contributed by atoms with E-state index in [1.807, 2.05) is 13.0 Å². The normalized spacial score (nSPS) is 11.1. The van der Waals surface area contributed by atoms with Crippen LogP contribution in [0.3, 0.4) is 0 Å². The zero-order valence-electron chi connectivity index (χ0n) is 12.4. The van der Waals surface area contributed by atoms with Gasteiger partial charge in [-0.25, -0.2) is 4.39 Å². The standard InChI is InChI=1S/C16H19ClFNO2/c1-10(2)19-8-12-6-14(21-11(12)3)9-20-13-4-5-16(18)15(17)7-13/h4-7,10,19H,8-9H2,1-3H3. The summed E-state index contributed by atoms with van der Waals surface area (Å²) in [7, 11) is 0.